The molecule has 0 fully saturated rings. The number of fused-ring (bicyclic) bond motifs is 4. The van der Waals surface area contributed by atoms with Gasteiger partial charge in [0.15, 0.2) is 0 Å². The van der Waals surface area contributed by atoms with Gasteiger partial charge in [-0.05, 0) is 47.9 Å². The first-order valence-electron chi connectivity index (χ1n) is 7.95. The Morgan fingerprint density at radius 3 is 2.95 bits per heavy atom. The highest BCUT2D eigenvalue weighted by molar-refractivity contribution is 5.69. The Morgan fingerprint density at radius 2 is 1.95 bits per heavy atom. The van der Waals surface area contributed by atoms with Crippen LogP contribution in [0.5, 0.6) is 0 Å². The van der Waals surface area contributed by atoms with Crippen LogP contribution in [0.25, 0.3) is 11.3 Å². The molecule has 108 valence electrons. The van der Waals surface area contributed by atoms with Gasteiger partial charge in [-0.1, -0.05) is 24.3 Å². The Bertz CT molecular complexity index is 849. The molecule has 2 aromatic heterocycles. The van der Waals surface area contributed by atoms with Gasteiger partial charge in [0.2, 0.25) is 0 Å². The SMILES string of the molecule is c1ccc2c(c1)-c1cncn1C2C1CCc2ccncc2C1. The number of aryl methyl sites for hydroxylation is 1. The maximum atomic E-state index is 4.38. The van der Waals surface area contributed by atoms with Gasteiger partial charge >= 0.3 is 0 Å². The maximum absolute atomic E-state index is 4.38. The van der Waals surface area contributed by atoms with Crippen LogP contribution < -0.4 is 0 Å². The number of benzene rings is 1. The first-order valence-corrected chi connectivity index (χ1v) is 7.95. The van der Waals surface area contributed by atoms with Gasteiger partial charge in [0.25, 0.3) is 0 Å². The van der Waals surface area contributed by atoms with E-state index in [1.807, 2.05) is 18.7 Å². The zero-order valence-electron chi connectivity index (χ0n) is 12.3. The fraction of sp³-hybridized carbons (Fsp3) is 0.263. The highest BCUT2D eigenvalue weighted by Crippen LogP contribution is 2.46. The number of rotatable bonds is 1. The first-order chi connectivity index (χ1) is 10.9. The van der Waals surface area contributed by atoms with Crippen molar-refractivity contribution >= 4 is 0 Å². The van der Waals surface area contributed by atoms with Crippen molar-refractivity contribution in [2.75, 3.05) is 0 Å². The predicted molar refractivity (Wildman–Crippen MR) is 85.6 cm³/mol. The van der Waals surface area contributed by atoms with Gasteiger partial charge in [-0.3, -0.25) is 4.98 Å². The molecule has 3 nitrogen and oxygen atoms in total. The molecule has 2 unspecified atom stereocenters. The van der Waals surface area contributed by atoms with Gasteiger partial charge in [-0.2, -0.15) is 0 Å². The van der Waals surface area contributed by atoms with E-state index in [4.69, 9.17) is 0 Å². The second kappa shape index (κ2) is 4.54. The number of aromatic nitrogens is 3. The molecule has 0 spiro atoms. The molecule has 2 aliphatic rings. The minimum atomic E-state index is 0.419. The zero-order valence-corrected chi connectivity index (χ0v) is 12.3. The van der Waals surface area contributed by atoms with E-state index in [9.17, 15) is 0 Å². The molecule has 22 heavy (non-hydrogen) atoms. The lowest BCUT2D eigenvalue weighted by atomic mass is 9.78. The highest BCUT2D eigenvalue weighted by Gasteiger charge is 2.35. The standard InChI is InChI=1S/C19H17N3/c1-2-4-17-16(3-1)18-11-21-12-22(18)19(17)14-6-5-13-7-8-20-10-15(13)9-14/h1-4,7-8,10-12,14,19H,5-6,9H2. The first kappa shape index (κ1) is 12.2. The summed E-state index contributed by atoms with van der Waals surface area (Å²) >= 11 is 0. The fourth-order valence-electron chi connectivity index (χ4n) is 4.23. The van der Waals surface area contributed by atoms with E-state index in [0.717, 1.165) is 12.8 Å². The van der Waals surface area contributed by atoms with Gasteiger partial charge in [0.05, 0.1) is 24.3 Å². The Morgan fingerprint density at radius 1 is 1.00 bits per heavy atom. The summed E-state index contributed by atoms with van der Waals surface area (Å²) in [5, 5.41) is 0. The summed E-state index contributed by atoms with van der Waals surface area (Å²) in [6, 6.07) is 11.4. The van der Waals surface area contributed by atoms with Crippen LogP contribution in [0.1, 0.15) is 29.2 Å². The molecular formula is C19H17N3. The van der Waals surface area contributed by atoms with Crippen LogP contribution >= 0.6 is 0 Å². The van der Waals surface area contributed by atoms with Crippen LogP contribution in [-0.2, 0) is 12.8 Å². The van der Waals surface area contributed by atoms with Crippen LogP contribution in [0.4, 0.5) is 0 Å². The van der Waals surface area contributed by atoms with Gasteiger partial charge < -0.3 is 4.57 Å². The molecule has 3 heterocycles. The average Bonchev–Trinajstić information content (AvgIpc) is 3.15. The molecule has 0 bridgehead atoms. The van der Waals surface area contributed by atoms with Crippen molar-refractivity contribution in [1.82, 2.24) is 14.5 Å². The minimum absolute atomic E-state index is 0.419. The highest BCUT2D eigenvalue weighted by atomic mass is 15.1. The second-order valence-corrected chi connectivity index (χ2v) is 6.37. The third-order valence-electron chi connectivity index (χ3n) is 5.24. The molecule has 0 N–H and O–H groups in total. The van der Waals surface area contributed by atoms with E-state index >= 15 is 0 Å². The molecule has 0 saturated heterocycles. The smallest absolute Gasteiger partial charge is 0.0956 e. The van der Waals surface area contributed by atoms with Crippen LogP contribution in [-0.4, -0.2) is 14.5 Å². The number of nitrogens with zero attached hydrogens (tertiary/aromatic N) is 3. The van der Waals surface area contributed by atoms with Gasteiger partial charge in [-0.15, -0.1) is 0 Å². The summed E-state index contributed by atoms with van der Waals surface area (Å²) in [6.45, 7) is 0. The molecule has 0 radical (unpaired) electrons. The molecule has 3 aromatic rings. The molecule has 5 rings (SSSR count). The van der Waals surface area contributed by atoms with E-state index < -0.39 is 0 Å². The Labute approximate surface area is 129 Å². The van der Waals surface area contributed by atoms with Crippen LogP contribution in [0, 0.1) is 5.92 Å². The van der Waals surface area contributed by atoms with Gasteiger partial charge in [-0.25, -0.2) is 4.98 Å². The van der Waals surface area contributed by atoms with Crippen molar-refractivity contribution in [3.05, 3.63) is 71.9 Å². The number of hydrogen-bond donors (Lipinski definition) is 0. The van der Waals surface area contributed by atoms with E-state index in [0.29, 0.717) is 12.0 Å². The Hall–Kier alpha value is -2.42. The summed E-state index contributed by atoms with van der Waals surface area (Å²) in [6.07, 6.45) is 11.5. The Balaban J connectivity index is 1.60. The maximum Gasteiger partial charge on any atom is 0.0956 e. The largest absolute Gasteiger partial charge is 0.323 e. The van der Waals surface area contributed by atoms with Crippen molar-refractivity contribution in [1.29, 1.82) is 0 Å². The van der Waals surface area contributed by atoms with Gasteiger partial charge in [0.1, 0.15) is 0 Å². The monoisotopic (exact) mass is 287 g/mol. The summed E-state index contributed by atoms with van der Waals surface area (Å²) in [4.78, 5) is 8.70. The molecule has 1 aromatic carbocycles. The average molecular weight is 287 g/mol. The van der Waals surface area contributed by atoms with Crippen molar-refractivity contribution in [2.24, 2.45) is 5.92 Å². The third kappa shape index (κ3) is 1.62. The lowest BCUT2D eigenvalue weighted by Crippen LogP contribution is -2.24. The lowest BCUT2D eigenvalue weighted by molar-refractivity contribution is 0.347. The van der Waals surface area contributed by atoms with Crippen LogP contribution in [0.2, 0.25) is 0 Å². The van der Waals surface area contributed by atoms with Gasteiger partial charge in [0, 0.05) is 18.0 Å². The van der Waals surface area contributed by atoms with Crippen molar-refractivity contribution in [3.8, 4) is 11.3 Å². The van der Waals surface area contributed by atoms with Crippen molar-refractivity contribution in [2.45, 2.75) is 25.3 Å². The fourth-order valence-corrected chi connectivity index (χ4v) is 4.23. The summed E-state index contributed by atoms with van der Waals surface area (Å²) < 4.78 is 2.37. The molecular weight excluding hydrogens is 270 g/mol. The molecule has 0 amide bonds. The molecule has 1 aliphatic carbocycles. The lowest BCUT2D eigenvalue weighted by Gasteiger charge is -2.30. The third-order valence-corrected chi connectivity index (χ3v) is 5.24. The molecule has 2 atom stereocenters. The molecule has 1 aliphatic heterocycles. The Kier molecular flexibility index (Phi) is 2.51. The quantitative estimate of drug-likeness (QED) is 0.684. The summed E-state index contributed by atoms with van der Waals surface area (Å²) in [5.41, 5.74) is 6.96. The zero-order chi connectivity index (χ0) is 14.5. The van der Waals surface area contributed by atoms with Crippen LogP contribution in [0.15, 0.2) is 55.2 Å². The second-order valence-electron chi connectivity index (χ2n) is 6.37. The molecule has 3 heteroatoms. The predicted octanol–water partition coefficient (Wildman–Crippen LogP) is 3.65. The summed E-state index contributed by atoms with van der Waals surface area (Å²) in [7, 11) is 0. The van der Waals surface area contributed by atoms with E-state index in [-0.39, 0.29) is 0 Å². The van der Waals surface area contributed by atoms with E-state index in [2.05, 4.69) is 51.1 Å². The topological polar surface area (TPSA) is 30.7 Å². The summed E-state index contributed by atoms with van der Waals surface area (Å²) in [5.74, 6) is 0.619. The number of imidazole rings is 1. The molecule has 0 saturated carbocycles. The van der Waals surface area contributed by atoms with E-state index in [1.165, 1.54) is 34.4 Å². The van der Waals surface area contributed by atoms with Crippen molar-refractivity contribution < 1.29 is 0 Å². The number of pyridine rings is 1. The van der Waals surface area contributed by atoms with E-state index in [1.54, 1.807) is 0 Å². The normalized spacial score (nSPS) is 22.0. The van der Waals surface area contributed by atoms with Crippen molar-refractivity contribution in [3.63, 3.8) is 0 Å². The minimum Gasteiger partial charge on any atom is -0.323 e. The number of hydrogen-bond acceptors (Lipinski definition) is 2. The van der Waals surface area contributed by atoms with Crippen LogP contribution in [0.3, 0.4) is 0 Å².